The summed E-state index contributed by atoms with van der Waals surface area (Å²) in [6.45, 7) is 9.39. The number of nitrogens with zero attached hydrogens (tertiary/aromatic N) is 1. The van der Waals surface area contributed by atoms with Crippen molar-refractivity contribution < 1.29 is 38.7 Å². The Balaban J connectivity index is 2.43. The molecule has 2 heterocycles. The van der Waals surface area contributed by atoms with Crippen molar-refractivity contribution >= 4 is 11.8 Å². The summed E-state index contributed by atoms with van der Waals surface area (Å²) in [6.07, 6.45) is -1.69. The number of carbonyl (C=O) groups excluding carboxylic acids is 2. The second-order valence-electron chi connectivity index (χ2n) is 10.8. The molecule has 10 nitrogen and oxygen atoms in total. The quantitative estimate of drug-likeness (QED) is 0.363. The third-order valence-electron chi connectivity index (χ3n) is 7.46. The number of Topliss-reactive ketones (excluding diaryl/α,β-unsaturated/α-hetero) is 1. The van der Waals surface area contributed by atoms with Crippen LogP contribution in [0.4, 0.5) is 0 Å². The molecule has 0 bridgehead atoms. The highest BCUT2D eigenvalue weighted by Gasteiger charge is 2.48. The van der Waals surface area contributed by atoms with E-state index in [1.165, 1.54) is 6.92 Å². The topological polar surface area (TPSA) is 127 Å². The molecule has 10 atom stereocenters. The standard InChI is InChI=1S/C25H46N2O8/c1-14-10-25(5,32-8)22(35-24-21(30)19(27(6)7)9-15(2)34-24)16(3)20(29)17(4)23(31)33-13-18(12-28)26-11-14/h14-19,21-22,24,26,28,30H,9-13H2,1-8H3/t14-,15?,16+,17-,18-,19?,21?,22-,24+,25-/m1/s1. The van der Waals surface area contributed by atoms with Gasteiger partial charge in [-0.05, 0) is 60.2 Å². The molecule has 0 radical (unpaired) electrons. The Morgan fingerprint density at radius 3 is 2.43 bits per heavy atom. The molecule has 2 aliphatic heterocycles. The minimum Gasteiger partial charge on any atom is -0.463 e. The summed E-state index contributed by atoms with van der Waals surface area (Å²) in [6, 6.07) is -0.608. The minimum atomic E-state index is -1.03. The van der Waals surface area contributed by atoms with Crippen LogP contribution in [0.25, 0.3) is 0 Å². The predicted octanol–water partition coefficient (Wildman–Crippen LogP) is 0.578. The van der Waals surface area contributed by atoms with Gasteiger partial charge in [-0.1, -0.05) is 13.8 Å². The van der Waals surface area contributed by atoms with E-state index in [1.54, 1.807) is 14.0 Å². The number of carbonyl (C=O) groups is 2. The molecule has 2 rings (SSSR count). The fraction of sp³-hybridized carbons (Fsp3) is 0.920. The van der Waals surface area contributed by atoms with Crippen molar-refractivity contribution in [2.45, 2.75) is 89.7 Å². The second kappa shape index (κ2) is 12.9. The highest BCUT2D eigenvalue weighted by Crippen LogP contribution is 2.36. The van der Waals surface area contributed by atoms with Crippen LogP contribution in [0.3, 0.4) is 0 Å². The molecule has 2 saturated heterocycles. The first-order chi connectivity index (χ1) is 16.3. The lowest BCUT2D eigenvalue weighted by Gasteiger charge is -2.46. The molecular weight excluding hydrogens is 456 g/mol. The molecule has 10 heteroatoms. The Kier molecular flexibility index (Phi) is 11.1. The number of methoxy groups -OCH3 is 1. The Labute approximate surface area is 209 Å². The number of nitrogens with one attached hydrogen (secondary N) is 1. The molecule has 0 aromatic rings. The summed E-state index contributed by atoms with van der Waals surface area (Å²) in [5, 5.41) is 23.9. The van der Waals surface area contributed by atoms with Gasteiger partial charge in [0.2, 0.25) is 0 Å². The maximum atomic E-state index is 13.5. The first-order valence-electron chi connectivity index (χ1n) is 12.6. The number of likely N-dealkylation sites (N-methyl/N-ethyl adjacent to an activating group) is 1. The van der Waals surface area contributed by atoms with Crippen molar-refractivity contribution in [2.75, 3.05) is 41.0 Å². The molecule has 2 aliphatic rings. The maximum absolute atomic E-state index is 13.5. The first kappa shape index (κ1) is 30.1. The number of rotatable bonds is 5. The van der Waals surface area contributed by atoms with Crippen molar-refractivity contribution in [3.8, 4) is 0 Å². The fourth-order valence-electron chi connectivity index (χ4n) is 5.18. The highest BCUT2D eigenvalue weighted by molar-refractivity contribution is 5.99. The third-order valence-corrected chi connectivity index (χ3v) is 7.46. The van der Waals surface area contributed by atoms with Gasteiger partial charge in [0.25, 0.3) is 0 Å². The van der Waals surface area contributed by atoms with Crippen LogP contribution >= 0.6 is 0 Å². The van der Waals surface area contributed by atoms with Gasteiger partial charge in [0.15, 0.2) is 12.1 Å². The smallest absolute Gasteiger partial charge is 0.316 e. The van der Waals surface area contributed by atoms with Crippen LogP contribution in [0.5, 0.6) is 0 Å². The first-order valence-corrected chi connectivity index (χ1v) is 12.6. The molecule has 0 spiro atoms. The molecule has 3 N–H and O–H groups in total. The van der Waals surface area contributed by atoms with Crippen molar-refractivity contribution in [1.29, 1.82) is 0 Å². The number of aliphatic hydroxyl groups excluding tert-OH is 2. The van der Waals surface area contributed by atoms with Crippen LogP contribution in [-0.2, 0) is 28.5 Å². The molecule has 0 aliphatic carbocycles. The lowest BCUT2D eigenvalue weighted by Crippen LogP contribution is -2.59. The number of hydrogen-bond donors (Lipinski definition) is 3. The number of aliphatic hydroxyl groups is 2. The molecule has 204 valence electrons. The van der Waals surface area contributed by atoms with Gasteiger partial charge in [-0.2, -0.15) is 0 Å². The van der Waals surface area contributed by atoms with E-state index in [1.807, 2.05) is 39.8 Å². The van der Waals surface area contributed by atoms with Gasteiger partial charge < -0.3 is 39.4 Å². The van der Waals surface area contributed by atoms with Crippen molar-refractivity contribution in [2.24, 2.45) is 17.8 Å². The van der Waals surface area contributed by atoms with Gasteiger partial charge >= 0.3 is 5.97 Å². The molecule has 0 aromatic carbocycles. The normalized spacial score (nSPS) is 42.7. The maximum Gasteiger partial charge on any atom is 0.316 e. The van der Waals surface area contributed by atoms with E-state index < -0.39 is 47.9 Å². The molecule has 0 amide bonds. The van der Waals surface area contributed by atoms with E-state index in [0.29, 0.717) is 19.4 Å². The van der Waals surface area contributed by atoms with Crippen LogP contribution < -0.4 is 5.32 Å². The van der Waals surface area contributed by atoms with E-state index in [9.17, 15) is 19.8 Å². The molecular formula is C25H46N2O8. The summed E-state index contributed by atoms with van der Waals surface area (Å²) in [5.74, 6) is -2.70. The SMILES string of the molecule is CO[C@]1(C)C[C@@H](C)CN[C@H](CO)COC(=O)[C@H](C)C(=O)[C@H](C)[C@H]1O[C@@H]1OC(C)CC(N(C)C)C1O. The van der Waals surface area contributed by atoms with E-state index in [0.717, 1.165) is 0 Å². The summed E-state index contributed by atoms with van der Waals surface area (Å²) in [4.78, 5) is 28.0. The predicted molar refractivity (Wildman–Crippen MR) is 130 cm³/mol. The van der Waals surface area contributed by atoms with Crippen molar-refractivity contribution in [3.63, 3.8) is 0 Å². The van der Waals surface area contributed by atoms with Crippen molar-refractivity contribution in [3.05, 3.63) is 0 Å². The zero-order valence-electron chi connectivity index (χ0n) is 22.5. The largest absolute Gasteiger partial charge is 0.463 e. The van der Waals surface area contributed by atoms with E-state index in [4.69, 9.17) is 18.9 Å². The monoisotopic (exact) mass is 502 g/mol. The summed E-state index contributed by atoms with van der Waals surface area (Å²) in [7, 11) is 5.37. The molecule has 3 unspecified atom stereocenters. The van der Waals surface area contributed by atoms with Crippen LogP contribution in [0.15, 0.2) is 0 Å². The molecule has 35 heavy (non-hydrogen) atoms. The van der Waals surface area contributed by atoms with Gasteiger partial charge in [-0.15, -0.1) is 0 Å². The molecule has 0 saturated carbocycles. The van der Waals surface area contributed by atoms with Gasteiger partial charge in [0.05, 0.1) is 30.5 Å². The van der Waals surface area contributed by atoms with Gasteiger partial charge in [0, 0.05) is 19.1 Å². The van der Waals surface area contributed by atoms with Crippen LogP contribution in [0.2, 0.25) is 0 Å². The van der Waals surface area contributed by atoms with Gasteiger partial charge in [-0.25, -0.2) is 0 Å². The lowest BCUT2D eigenvalue weighted by atomic mass is 9.78. The Morgan fingerprint density at radius 1 is 1.20 bits per heavy atom. The van der Waals surface area contributed by atoms with Crippen LogP contribution in [0.1, 0.15) is 47.5 Å². The van der Waals surface area contributed by atoms with Crippen LogP contribution in [-0.4, -0.2) is 110 Å². The zero-order chi connectivity index (χ0) is 26.5. The lowest BCUT2D eigenvalue weighted by molar-refractivity contribution is -0.295. The second-order valence-corrected chi connectivity index (χ2v) is 10.8. The van der Waals surface area contributed by atoms with E-state index >= 15 is 0 Å². The van der Waals surface area contributed by atoms with Crippen molar-refractivity contribution in [1.82, 2.24) is 10.2 Å². The number of esters is 1. The van der Waals surface area contributed by atoms with Gasteiger partial charge in [0.1, 0.15) is 18.6 Å². The summed E-state index contributed by atoms with van der Waals surface area (Å²) < 4.78 is 23.8. The van der Waals surface area contributed by atoms with Gasteiger partial charge in [-0.3, -0.25) is 9.59 Å². The summed E-state index contributed by atoms with van der Waals surface area (Å²) in [5.41, 5.74) is -0.931. The highest BCUT2D eigenvalue weighted by atomic mass is 16.7. The average Bonchev–Trinajstić information content (AvgIpc) is 2.82. The number of ketones is 1. The van der Waals surface area contributed by atoms with E-state index in [2.05, 4.69) is 5.32 Å². The van der Waals surface area contributed by atoms with Crippen LogP contribution in [0, 0.1) is 17.8 Å². The minimum absolute atomic E-state index is 0.0263. The molecule has 0 aromatic heterocycles. The average molecular weight is 503 g/mol. The Morgan fingerprint density at radius 2 is 1.86 bits per heavy atom. The fourth-order valence-corrected chi connectivity index (χ4v) is 5.18. The number of hydrogen-bond acceptors (Lipinski definition) is 10. The Hall–Kier alpha value is -1.14. The number of ether oxygens (including phenoxy) is 4. The third kappa shape index (κ3) is 7.44. The number of cyclic esters (lactones) is 1. The zero-order valence-corrected chi connectivity index (χ0v) is 22.5. The summed E-state index contributed by atoms with van der Waals surface area (Å²) >= 11 is 0. The Bertz CT molecular complexity index is 707. The molecule has 2 fully saturated rings. The van der Waals surface area contributed by atoms with E-state index in [-0.39, 0.29) is 37.1 Å².